The number of fused-ring (bicyclic) bond motifs is 1. The molecular weight excluding hydrogens is 304 g/mol. The summed E-state index contributed by atoms with van der Waals surface area (Å²) >= 11 is 7.81. The van der Waals surface area contributed by atoms with Gasteiger partial charge >= 0.3 is 0 Å². The number of hydrogen-bond acceptors (Lipinski definition) is 4. The topological polar surface area (TPSA) is 43.6 Å². The normalized spacial score (nSPS) is 10.9. The van der Waals surface area contributed by atoms with Gasteiger partial charge in [0.1, 0.15) is 11.4 Å². The lowest BCUT2D eigenvalue weighted by Gasteiger charge is -2.04. The van der Waals surface area contributed by atoms with E-state index in [9.17, 15) is 0 Å². The molecule has 0 aliphatic carbocycles. The summed E-state index contributed by atoms with van der Waals surface area (Å²) in [5.41, 5.74) is 1.92. The van der Waals surface area contributed by atoms with Crippen molar-refractivity contribution in [2.45, 2.75) is 17.3 Å². The Morgan fingerprint density at radius 3 is 2.95 bits per heavy atom. The van der Waals surface area contributed by atoms with Crippen molar-refractivity contribution >= 4 is 34.4 Å². The maximum Gasteiger partial charge on any atom is 0.162 e. The van der Waals surface area contributed by atoms with Gasteiger partial charge in [-0.15, -0.1) is 18.3 Å². The van der Waals surface area contributed by atoms with Crippen LogP contribution >= 0.6 is 23.4 Å². The maximum absolute atomic E-state index is 6.18. The fourth-order valence-corrected chi connectivity index (χ4v) is 3.25. The number of hydrogen-bond donors (Lipinski definition) is 0. The molecular formula is C15H13ClN4S. The predicted octanol–water partition coefficient (Wildman–Crippen LogP) is 3.96. The first-order chi connectivity index (χ1) is 10.3. The van der Waals surface area contributed by atoms with Crippen molar-refractivity contribution in [3.05, 3.63) is 60.0 Å². The molecule has 0 bridgehead atoms. The SMILES string of the molecule is C=CCn1ncc2c(SCc3ccccc3Cl)ncnc21. The first-order valence-corrected chi connectivity index (χ1v) is 7.79. The summed E-state index contributed by atoms with van der Waals surface area (Å²) in [6, 6.07) is 7.84. The average molecular weight is 317 g/mol. The van der Waals surface area contributed by atoms with E-state index in [0.717, 1.165) is 32.4 Å². The predicted molar refractivity (Wildman–Crippen MR) is 86.5 cm³/mol. The van der Waals surface area contributed by atoms with Crippen LogP contribution < -0.4 is 0 Å². The van der Waals surface area contributed by atoms with Gasteiger partial charge in [0.15, 0.2) is 5.65 Å². The number of aromatic nitrogens is 4. The summed E-state index contributed by atoms with van der Waals surface area (Å²) in [6.07, 6.45) is 5.16. The molecule has 0 saturated carbocycles. The van der Waals surface area contributed by atoms with Gasteiger partial charge in [0.2, 0.25) is 0 Å². The second-order valence-electron chi connectivity index (χ2n) is 4.41. The van der Waals surface area contributed by atoms with Crippen molar-refractivity contribution in [1.82, 2.24) is 19.7 Å². The van der Waals surface area contributed by atoms with E-state index >= 15 is 0 Å². The van der Waals surface area contributed by atoms with Gasteiger partial charge in [-0.2, -0.15) is 5.10 Å². The van der Waals surface area contributed by atoms with Crippen LogP contribution in [0.15, 0.2) is 54.5 Å². The molecule has 0 spiro atoms. The van der Waals surface area contributed by atoms with E-state index in [1.54, 1.807) is 30.4 Å². The summed E-state index contributed by atoms with van der Waals surface area (Å²) in [4.78, 5) is 8.65. The fraction of sp³-hybridized carbons (Fsp3) is 0.133. The molecule has 6 heteroatoms. The van der Waals surface area contributed by atoms with Crippen LogP contribution in [0.5, 0.6) is 0 Å². The van der Waals surface area contributed by atoms with E-state index < -0.39 is 0 Å². The van der Waals surface area contributed by atoms with Gasteiger partial charge in [-0.3, -0.25) is 0 Å². The summed E-state index contributed by atoms with van der Waals surface area (Å²) in [5.74, 6) is 0.762. The Bertz CT molecular complexity index is 784. The molecule has 3 aromatic rings. The van der Waals surface area contributed by atoms with E-state index in [2.05, 4.69) is 21.6 Å². The second-order valence-corrected chi connectivity index (χ2v) is 5.78. The molecule has 3 rings (SSSR count). The second kappa shape index (κ2) is 6.28. The zero-order chi connectivity index (χ0) is 14.7. The largest absolute Gasteiger partial charge is 0.243 e. The molecule has 0 atom stereocenters. The minimum Gasteiger partial charge on any atom is -0.243 e. The highest BCUT2D eigenvalue weighted by Gasteiger charge is 2.10. The highest BCUT2D eigenvalue weighted by atomic mass is 35.5. The quantitative estimate of drug-likeness (QED) is 0.406. The summed E-state index contributed by atoms with van der Waals surface area (Å²) in [5, 5.41) is 6.96. The van der Waals surface area contributed by atoms with Crippen LogP contribution in [0.1, 0.15) is 5.56 Å². The van der Waals surface area contributed by atoms with Crippen LogP contribution in [0.2, 0.25) is 5.02 Å². The van der Waals surface area contributed by atoms with E-state index in [4.69, 9.17) is 11.6 Å². The molecule has 21 heavy (non-hydrogen) atoms. The molecule has 0 fully saturated rings. The zero-order valence-electron chi connectivity index (χ0n) is 11.2. The number of halogens is 1. The van der Waals surface area contributed by atoms with Gasteiger partial charge in [-0.1, -0.05) is 35.9 Å². The van der Waals surface area contributed by atoms with Crippen molar-refractivity contribution in [2.24, 2.45) is 0 Å². The van der Waals surface area contributed by atoms with Crippen molar-refractivity contribution in [3.8, 4) is 0 Å². The summed E-state index contributed by atoms with van der Waals surface area (Å²) < 4.78 is 1.81. The maximum atomic E-state index is 6.18. The average Bonchev–Trinajstić information content (AvgIpc) is 2.91. The lowest BCUT2D eigenvalue weighted by Crippen LogP contribution is -1.98. The molecule has 0 radical (unpaired) electrons. The minimum absolute atomic E-state index is 0.634. The number of thioether (sulfide) groups is 1. The van der Waals surface area contributed by atoms with Gasteiger partial charge in [0, 0.05) is 10.8 Å². The van der Waals surface area contributed by atoms with Crippen LogP contribution in [0.25, 0.3) is 11.0 Å². The Balaban J connectivity index is 1.87. The molecule has 2 aromatic heterocycles. The molecule has 106 valence electrons. The van der Waals surface area contributed by atoms with Crippen molar-refractivity contribution in [3.63, 3.8) is 0 Å². The van der Waals surface area contributed by atoms with Crippen molar-refractivity contribution < 1.29 is 0 Å². The zero-order valence-corrected chi connectivity index (χ0v) is 12.8. The monoisotopic (exact) mass is 316 g/mol. The molecule has 1 aromatic carbocycles. The van der Waals surface area contributed by atoms with Crippen LogP contribution in [0.3, 0.4) is 0 Å². The Morgan fingerprint density at radius 1 is 1.29 bits per heavy atom. The smallest absolute Gasteiger partial charge is 0.162 e. The van der Waals surface area contributed by atoms with E-state index in [-0.39, 0.29) is 0 Å². The van der Waals surface area contributed by atoms with Gasteiger partial charge < -0.3 is 0 Å². The van der Waals surface area contributed by atoms with Crippen LogP contribution in [0, 0.1) is 0 Å². The van der Waals surface area contributed by atoms with Crippen LogP contribution in [-0.4, -0.2) is 19.7 Å². The van der Waals surface area contributed by atoms with E-state index in [1.807, 2.05) is 28.9 Å². The first-order valence-electron chi connectivity index (χ1n) is 6.43. The molecule has 0 amide bonds. The van der Waals surface area contributed by atoms with Crippen LogP contribution in [-0.2, 0) is 12.3 Å². The number of nitrogens with zero attached hydrogens (tertiary/aromatic N) is 4. The van der Waals surface area contributed by atoms with Crippen molar-refractivity contribution in [1.29, 1.82) is 0 Å². The van der Waals surface area contributed by atoms with Crippen molar-refractivity contribution in [2.75, 3.05) is 0 Å². The van der Waals surface area contributed by atoms with Crippen LogP contribution in [0.4, 0.5) is 0 Å². The molecule has 2 heterocycles. The fourth-order valence-electron chi connectivity index (χ4n) is 2.00. The highest BCUT2D eigenvalue weighted by Crippen LogP contribution is 2.29. The van der Waals surface area contributed by atoms with E-state index in [1.165, 1.54) is 0 Å². The standard InChI is InChI=1S/C15H13ClN4S/c1-2-7-20-14-12(8-19-20)15(18-10-17-14)21-9-11-5-3-4-6-13(11)16/h2-6,8,10H,1,7,9H2. The molecule has 0 unspecified atom stereocenters. The van der Waals surface area contributed by atoms with Gasteiger partial charge in [0.05, 0.1) is 18.1 Å². The highest BCUT2D eigenvalue weighted by molar-refractivity contribution is 7.98. The third-order valence-corrected chi connectivity index (χ3v) is 4.44. The van der Waals surface area contributed by atoms with Gasteiger partial charge in [-0.25, -0.2) is 14.6 Å². The van der Waals surface area contributed by atoms with Gasteiger partial charge in [-0.05, 0) is 11.6 Å². The number of benzene rings is 1. The minimum atomic E-state index is 0.634. The van der Waals surface area contributed by atoms with E-state index in [0.29, 0.717) is 6.54 Å². The molecule has 0 saturated heterocycles. The first kappa shape index (κ1) is 14.1. The molecule has 0 aliphatic heterocycles. The molecule has 4 nitrogen and oxygen atoms in total. The number of rotatable bonds is 5. The lowest BCUT2D eigenvalue weighted by molar-refractivity contribution is 0.719. The van der Waals surface area contributed by atoms with Gasteiger partial charge in [0.25, 0.3) is 0 Å². The Labute approximate surface area is 131 Å². The summed E-state index contributed by atoms with van der Waals surface area (Å²) in [7, 11) is 0. The molecule has 0 aliphatic rings. The summed E-state index contributed by atoms with van der Waals surface area (Å²) in [6.45, 7) is 4.36. The Kier molecular flexibility index (Phi) is 4.22. The third kappa shape index (κ3) is 2.94. The molecule has 0 N–H and O–H groups in total. The third-order valence-electron chi connectivity index (χ3n) is 3.02. The lowest BCUT2D eigenvalue weighted by atomic mass is 10.2. The Morgan fingerprint density at radius 2 is 2.14 bits per heavy atom. The Hall–Kier alpha value is -1.85. The number of allylic oxidation sites excluding steroid dienone is 1.